The first-order chi connectivity index (χ1) is 14.2. The highest BCUT2D eigenvalue weighted by Crippen LogP contribution is 2.09. The van der Waals surface area contributed by atoms with Crippen LogP contribution in [0.15, 0.2) is 47.7 Å². The minimum absolute atomic E-state index is 0. The third-order valence-electron chi connectivity index (χ3n) is 4.86. The smallest absolute Gasteiger partial charge is 0.225 e. The summed E-state index contributed by atoms with van der Waals surface area (Å²) < 4.78 is 13.0. The van der Waals surface area contributed by atoms with Crippen LogP contribution < -0.4 is 15.5 Å². The van der Waals surface area contributed by atoms with Crippen LogP contribution in [0, 0.1) is 5.82 Å². The Morgan fingerprint density at radius 2 is 1.77 bits per heavy atom. The Balaban J connectivity index is 0.00000320. The van der Waals surface area contributed by atoms with Crippen molar-refractivity contribution in [2.24, 2.45) is 4.99 Å². The first-order valence-electron chi connectivity index (χ1n) is 10.3. The number of nitrogens with one attached hydrogen (secondary N) is 2. The van der Waals surface area contributed by atoms with Crippen molar-refractivity contribution in [2.75, 3.05) is 57.3 Å². The van der Waals surface area contributed by atoms with Gasteiger partial charge in [0.2, 0.25) is 5.95 Å². The number of anilines is 1. The molecule has 1 fully saturated rings. The lowest BCUT2D eigenvalue weighted by molar-refractivity contribution is 0.263. The number of benzene rings is 1. The number of nitrogens with zero attached hydrogens (tertiary/aromatic N) is 5. The van der Waals surface area contributed by atoms with Crippen molar-refractivity contribution in [3.63, 3.8) is 0 Å². The van der Waals surface area contributed by atoms with Gasteiger partial charge in [0.25, 0.3) is 0 Å². The van der Waals surface area contributed by atoms with Gasteiger partial charge in [-0.3, -0.25) is 9.89 Å². The average molecular weight is 527 g/mol. The summed E-state index contributed by atoms with van der Waals surface area (Å²) in [4.78, 5) is 18.0. The lowest BCUT2D eigenvalue weighted by Gasteiger charge is -2.34. The van der Waals surface area contributed by atoms with Crippen molar-refractivity contribution >= 4 is 35.9 Å². The number of guanidine groups is 1. The Bertz CT molecular complexity index is 750. The summed E-state index contributed by atoms with van der Waals surface area (Å²) in [6.07, 6.45) is 4.40. The molecule has 3 rings (SSSR count). The number of rotatable bonds is 8. The summed E-state index contributed by atoms with van der Waals surface area (Å²) in [7, 11) is 0. The van der Waals surface area contributed by atoms with Crippen molar-refractivity contribution in [3.05, 3.63) is 54.1 Å². The number of hydrogen-bond donors (Lipinski definition) is 2. The van der Waals surface area contributed by atoms with E-state index in [9.17, 15) is 4.39 Å². The Kier molecular flexibility index (Phi) is 10.8. The molecular weight excluding hydrogens is 496 g/mol. The summed E-state index contributed by atoms with van der Waals surface area (Å²) in [5.74, 6) is 1.43. The molecule has 0 amide bonds. The Morgan fingerprint density at radius 3 is 2.43 bits per heavy atom. The molecular formula is C21H31FIN7. The molecule has 0 radical (unpaired) electrons. The van der Waals surface area contributed by atoms with E-state index in [0.717, 1.165) is 76.3 Å². The molecule has 9 heteroatoms. The van der Waals surface area contributed by atoms with Crippen LogP contribution in [0.3, 0.4) is 0 Å². The van der Waals surface area contributed by atoms with Crippen LogP contribution in [-0.4, -0.2) is 73.2 Å². The molecule has 30 heavy (non-hydrogen) atoms. The topological polar surface area (TPSA) is 68.7 Å². The van der Waals surface area contributed by atoms with E-state index in [1.165, 1.54) is 12.1 Å². The van der Waals surface area contributed by atoms with Crippen molar-refractivity contribution in [1.82, 2.24) is 25.5 Å². The monoisotopic (exact) mass is 527 g/mol. The second-order valence-corrected chi connectivity index (χ2v) is 6.94. The zero-order chi connectivity index (χ0) is 20.3. The average Bonchev–Trinajstić information content (AvgIpc) is 2.76. The molecule has 1 aromatic carbocycles. The van der Waals surface area contributed by atoms with Gasteiger partial charge < -0.3 is 15.5 Å². The summed E-state index contributed by atoms with van der Waals surface area (Å²) in [6, 6.07) is 8.48. The second-order valence-electron chi connectivity index (χ2n) is 6.94. The van der Waals surface area contributed by atoms with Gasteiger partial charge in [-0.25, -0.2) is 14.4 Å². The lowest BCUT2D eigenvalue weighted by Crippen LogP contribution is -2.47. The third kappa shape index (κ3) is 8.02. The molecule has 1 aliphatic heterocycles. The molecule has 2 heterocycles. The predicted molar refractivity (Wildman–Crippen MR) is 130 cm³/mol. The van der Waals surface area contributed by atoms with E-state index in [1.54, 1.807) is 12.4 Å². The van der Waals surface area contributed by atoms with Gasteiger partial charge in [0.05, 0.1) is 6.54 Å². The van der Waals surface area contributed by atoms with Crippen LogP contribution in [0.4, 0.5) is 10.3 Å². The number of hydrogen-bond acceptors (Lipinski definition) is 5. The van der Waals surface area contributed by atoms with Crippen LogP contribution in [0.1, 0.15) is 12.5 Å². The van der Waals surface area contributed by atoms with E-state index >= 15 is 0 Å². The maximum atomic E-state index is 13.0. The number of halogens is 2. The van der Waals surface area contributed by atoms with Crippen molar-refractivity contribution in [1.29, 1.82) is 0 Å². The van der Waals surface area contributed by atoms with Crippen LogP contribution in [0.2, 0.25) is 0 Å². The zero-order valence-corrected chi connectivity index (χ0v) is 19.8. The van der Waals surface area contributed by atoms with Crippen LogP contribution in [0.5, 0.6) is 0 Å². The summed E-state index contributed by atoms with van der Waals surface area (Å²) in [6.45, 7) is 9.15. The molecule has 0 aliphatic carbocycles. The first-order valence-corrected chi connectivity index (χ1v) is 10.3. The molecule has 2 N–H and O–H groups in total. The fraction of sp³-hybridized carbons (Fsp3) is 0.476. The third-order valence-corrected chi connectivity index (χ3v) is 4.86. The van der Waals surface area contributed by atoms with Crippen molar-refractivity contribution < 1.29 is 4.39 Å². The Labute approximate surface area is 195 Å². The molecule has 7 nitrogen and oxygen atoms in total. The minimum atomic E-state index is -0.200. The normalized spacial score (nSPS) is 14.9. The number of aromatic nitrogens is 2. The molecule has 0 bridgehead atoms. The van der Waals surface area contributed by atoms with Gasteiger partial charge in [-0.15, -0.1) is 24.0 Å². The van der Waals surface area contributed by atoms with Gasteiger partial charge in [-0.2, -0.15) is 0 Å². The Hall–Kier alpha value is -2.01. The number of piperazine rings is 1. The maximum absolute atomic E-state index is 13.0. The molecule has 1 aliphatic rings. The first kappa shape index (κ1) is 24.3. The quantitative estimate of drug-likeness (QED) is 0.312. The van der Waals surface area contributed by atoms with Crippen LogP contribution >= 0.6 is 24.0 Å². The van der Waals surface area contributed by atoms with E-state index in [0.29, 0.717) is 0 Å². The predicted octanol–water partition coefficient (Wildman–Crippen LogP) is 2.15. The van der Waals surface area contributed by atoms with E-state index in [-0.39, 0.29) is 29.8 Å². The van der Waals surface area contributed by atoms with Gasteiger partial charge in [0.15, 0.2) is 5.96 Å². The Morgan fingerprint density at radius 1 is 1.07 bits per heavy atom. The standard InChI is InChI=1S/C21H30FN7.HI/c1-2-23-20(24-11-8-18-4-6-19(22)7-5-18)25-12-13-28-14-16-29(17-15-28)21-26-9-3-10-27-21;/h3-7,9-10H,2,8,11-17H2,1H3,(H2,23,24,25);1H. The summed E-state index contributed by atoms with van der Waals surface area (Å²) in [5, 5.41) is 6.63. The molecule has 164 valence electrons. The highest BCUT2D eigenvalue weighted by Gasteiger charge is 2.18. The molecule has 0 atom stereocenters. The van der Waals surface area contributed by atoms with E-state index in [2.05, 4.69) is 42.3 Å². The second kappa shape index (κ2) is 13.3. The van der Waals surface area contributed by atoms with Gasteiger partial charge in [-0.1, -0.05) is 12.1 Å². The summed E-state index contributed by atoms with van der Waals surface area (Å²) in [5.41, 5.74) is 1.11. The SMILES string of the molecule is CCNC(=NCCN1CCN(c2ncccn2)CC1)NCCc1ccc(F)cc1.I. The minimum Gasteiger partial charge on any atom is -0.357 e. The molecule has 0 unspecified atom stereocenters. The van der Waals surface area contributed by atoms with Gasteiger partial charge in [0, 0.05) is 58.2 Å². The highest BCUT2D eigenvalue weighted by molar-refractivity contribution is 14.0. The fourth-order valence-electron chi connectivity index (χ4n) is 3.25. The lowest BCUT2D eigenvalue weighted by atomic mass is 10.1. The van der Waals surface area contributed by atoms with E-state index < -0.39 is 0 Å². The van der Waals surface area contributed by atoms with Crippen molar-refractivity contribution in [3.8, 4) is 0 Å². The molecule has 0 spiro atoms. The van der Waals surface area contributed by atoms with Crippen LogP contribution in [0.25, 0.3) is 0 Å². The molecule has 2 aromatic rings. The van der Waals surface area contributed by atoms with E-state index in [4.69, 9.17) is 0 Å². The molecule has 0 saturated carbocycles. The number of aliphatic imine (C=N–C) groups is 1. The summed E-state index contributed by atoms with van der Waals surface area (Å²) >= 11 is 0. The maximum Gasteiger partial charge on any atom is 0.225 e. The van der Waals surface area contributed by atoms with E-state index in [1.807, 2.05) is 18.2 Å². The highest BCUT2D eigenvalue weighted by atomic mass is 127. The van der Waals surface area contributed by atoms with Gasteiger partial charge in [-0.05, 0) is 37.1 Å². The van der Waals surface area contributed by atoms with Crippen molar-refractivity contribution in [2.45, 2.75) is 13.3 Å². The van der Waals surface area contributed by atoms with Gasteiger partial charge >= 0.3 is 0 Å². The fourth-order valence-corrected chi connectivity index (χ4v) is 3.25. The largest absolute Gasteiger partial charge is 0.357 e. The molecule has 1 saturated heterocycles. The van der Waals surface area contributed by atoms with Gasteiger partial charge in [0.1, 0.15) is 5.82 Å². The van der Waals surface area contributed by atoms with Crippen LogP contribution in [-0.2, 0) is 6.42 Å². The molecule has 1 aromatic heterocycles. The zero-order valence-electron chi connectivity index (χ0n) is 17.4.